The fourth-order valence-electron chi connectivity index (χ4n) is 1.69. The Morgan fingerprint density at radius 2 is 2.36 bits per heavy atom. The molecule has 5 heteroatoms. The van der Waals surface area contributed by atoms with Gasteiger partial charge in [0.15, 0.2) is 0 Å². The number of rotatable bonds is 3. The van der Waals surface area contributed by atoms with E-state index in [4.69, 9.17) is 0 Å². The number of likely N-dealkylation sites (tertiary alicyclic amines) is 1. The number of halogens is 2. The van der Waals surface area contributed by atoms with Crippen LogP contribution >= 0.6 is 0 Å². The zero-order valence-electron chi connectivity index (χ0n) is 8.30. The number of hydrogen-bond acceptors (Lipinski definition) is 2. The number of amides is 1. The van der Waals surface area contributed by atoms with Crippen molar-refractivity contribution in [1.29, 1.82) is 0 Å². The van der Waals surface area contributed by atoms with Crippen molar-refractivity contribution in [3.05, 3.63) is 0 Å². The summed E-state index contributed by atoms with van der Waals surface area (Å²) in [6.07, 6.45) is -0.556. The van der Waals surface area contributed by atoms with Gasteiger partial charge in [-0.3, -0.25) is 4.79 Å². The zero-order chi connectivity index (χ0) is 10.6. The van der Waals surface area contributed by atoms with Crippen molar-refractivity contribution in [1.82, 2.24) is 10.2 Å². The Hall–Kier alpha value is -0.710. The van der Waals surface area contributed by atoms with E-state index in [0.717, 1.165) is 19.4 Å². The van der Waals surface area contributed by atoms with Crippen LogP contribution in [0.1, 0.15) is 19.8 Å². The summed E-state index contributed by atoms with van der Waals surface area (Å²) in [5.74, 6) is 0.0218. The molecule has 1 fully saturated rings. The molecule has 14 heavy (non-hydrogen) atoms. The van der Waals surface area contributed by atoms with Crippen molar-refractivity contribution in [3.8, 4) is 0 Å². The van der Waals surface area contributed by atoms with Gasteiger partial charge in [-0.1, -0.05) is 0 Å². The minimum atomic E-state index is -2.32. The first-order valence-electron chi connectivity index (χ1n) is 4.86. The molecule has 1 saturated heterocycles. The summed E-state index contributed by atoms with van der Waals surface area (Å²) in [6, 6.07) is 0.0293. The molecule has 1 aliphatic rings. The third-order valence-corrected chi connectivity index (χ3v) is 2.43. The third kappa shape index (κ3) is 3.57. The van der Waals surface area contributed by atoms with E-state index in [1.165, 1.54) is 6.92 Å². The number of hydrogen-bond donors (Lipinski definition) is 1. The molecule has 0 aromatic carbocycles. The average molecular weight is 206 g/mol. The fraction of sp³-hybridized carbons (Fsp3) is 0.889. The number of piperidine rings is 1. The molecule has 0 saturated carbocycles. The van der Waals surface area contributed by atoms with Crippen LogP contribution in [0.3, 0.4) is 0 Å². The molecule has 1 heterocycles. The second-order valence-electron chi connectivity index (χ2n) is 3.60. The molecule has 0 radical (unpaired) electrons. The van der Waals surface area contributed by atoms with Gasteiger partial charge in [-0.2, -0.15) is 0 Å². The lowest BCUT2D eigenvalue weighted by Crippen LogP contribution is -2.48. The standard InChI is InChI=1S/C9H16F2N2O/c1-7(14)13-4-2-3-8(6-13)12-5-9(10)11/h8-9,12H,2-6H2,1H3. The largest absolute Gasteiger partial charge is 0.341 e. The van der Waals surface area contributed by atoms with E-state index in [0.29, 0.717) is 6.54 Å². The summed E-state index contributed by atoms with van der Waals surface area (Å²) < 4.78 is 23.8. The predicted octanol–water partition coefficient (Wildman–Crippen LogP) is 0.852. The highest BCUT2D eigenvalue weighted by molar-refractivity contribution is 5.73. The molecule has 0 bridgehead atoms. The summed E-state index contributed by atoms with van der Waals surface area (Å²) >= 11 is 0. The van der Waals surface area contributed by atoms with E-state index in [2.05, 4.69) is 5.32 Å². The van der Waals surface area contributed by atoms with Gasteiger partial charge in [0.2, 0.25) is 5.91 Å². The molecule has 1 rings (SSSR count). The lowest BCUT2D eigenvalue weighted by atomic mass is 10.1. The van der Waals surface area contributed by atoms with E-state index < -0.39 is 6.43 Å². The minimum absolute atomic E-state index is 0.0218. The SMILES string of the molecule is CC(=O)N1CCCC(NCC(F)F)C1. The molecule has 1 aliphatic heterocycles. The van der Waals surface area contributed by atoms with Crippen molar-refractivity contribution in [3.63, 3.8) is 0 Å². The highest BCUT2D eigenvalue weighted by Crippen LogP contribution is 2.10. The highest BCUT2D eigenvalue weighted by atomic mass is 19.3. The van der Waals surface area contributed by atoms with Gasteiger partial charge < -0.3 is 10.2 Å². The minimum Gasteiger partial charge on any atom is -0.341 e. The van der Waals surface area contributed by atoms with Crippen molar-refractivity contribution < 1.29 is 13.6 Å². The van der Waals surface area contributed by atoms with Crippen LogP contribution < -0.4 is 5.32 Å². The first-order valence-corrected chi connectivity index (χ1v) is 4.86. The average Bonchev–Trinajstić information content (AvgIpc) is 2.15. The van der Waals surface area contributed by atoms with E-state index in [1.54, 1.807) is 4.90 Å². The normalized spacial score (nSPS) is 22.9. The number of carbonyl (C=O) groups excluding carboxylic acids is 1. The Morgan fingerprint density at radius 3 is 2.93 bits per heavy atom. The maximum Gasteiger partial charge on any atom is 0.250 e. The van der Waals surface area contributed by atoms with Gasteiger partial charge in [-0.15, -0.1) is 0 Å². The first kappa shape index (κ1) is 11.4. The maximum absolute atomic E-state index is 11.9. The van der Waals surface area contributed by atoms with Crippen molar-refractivity contribution in [2.75, 3.05) is 19.6 Å². The van der Waals surface area contributed by atoms with E-state index in [-0.39, 0.29) is 18.5 Å². The lowest BCUT2D eigenvalue weighted by molar-refractivity contribution is -0.130. The number of carbonyl (C=O) groups is 1. The van der Waals surface area contributed by atoms with E-state index in [1.807, 2.05) is 0 Å². The van der Waals surface area contributed by atoms with Crippen LogP contribution in [0, 0.1) is 0 Å². The Morgan fingerprint density at radius 1 is 1.64 bits per heavy atom. The molecule has 1 atom stereocenters. The predicted molar refractivity (Wildman–Crippen MR) is 49.3 cm³/mol. The van der Waals surface area contributed by atoms with Crippen molar-refractivity contribution in [2.45, 2.75) is 32.2 Å². The summed E-state index contributed by atoms with van der Waals surface area (Å²) in [5.41, 5.74) is 0. The van der Waals surface area contributed by atoms with Crippen molar-refractivity contribution >= 4 is 5.91 Å². The molecule has 3 nitrogen and oxygen atoms in total. The van der Waals surface area contributed by atoms with Gasteiger partial charge in [0.25, 0.3) is 6.43 Å². The maximum atomic E-state index is 11.9. The lowest BCUT2D eigenvalue weighted by Gasteiger charge is -2.32. The first-order chi connectivity index (χ1) is 6.59. The number of nitrogens with zero attached hydrogens (tertiary/aromatic N) is 1. The van der Waals surface area contributed by atoms with Crippen LogP contribution in [0.2, 0.25) is 0 Å². The molecule has 1 unspecified atom stereocenters. The molecular formula is C9H16F2N2O. The Balaban J connectivity index is 2.29. The molecule has 0 aliphatic carbocycles. The molecular weight excluding hydrogens is 190 g/mol. The van der Waals surface area contributed by atoms with Gasteiger partial charge in [-0.25, -0.2) is 8.78 Å². The van der Waals surface area contributed by atoms with Gasteiger partial charge >= 0.3 is 0 Å². The molecule has 0 aromatic heterocycles. The van der Waals surface area contributed by atoms with Gasteiger partial charge in [0.05, 0.1) is 6.54 Å². The zero-order valence-corrected chi connectivity index (χ0v) is 8.30. The Bertz CT molecular complexity index is 199. The van der Waals surface area contributed by atoms with Crippen LogP contribution in [0.4, 0.5) is 8.78 Å². The van der Waals surface area contributed by atoms with Crippen LogP contribution in [-0.4, -0.2) is 42.9 Å². The quantitative estimate of drug-likeness (QED) is 0.742. The smallest absolute Gasteiger partial charge is 0.250 e. The summed E-state index contributed by atoms with van der Waals surface area (Å²) in [7, 11) is 0. The molecule has 0 aromatic rings. The van der Waals surface area contributed by atoms with Crippen LogP contribution in [0.5, 0.6) is 0 Å². The Labute approximate surface area is 82.5 Å². The molecule has 0 spiro atoms. The van der Waals surface area contributed by atoms with Gasteiger partial charge in [0.1, 0.15) is 0 Å². The highest BCUT2D eigenvalue weighted by Gasteiger charge is 2.21. The van der Waals surface area contributed by atoms with Crippen LogP contribution in [0.15, 0.2) is 0 Å². The molecule has 1 N–H and O–H groups in total. The summed E-state index contributed by atoms with van der Waals surface area (Å²) in [6.45, 7) is 2.54. The van der Waals surface area contributed by atoms with Crippen molar-refractivity contribution in [2.24, 2.45) is 0 Å². The number of alkyl halides is 2. The second-order valence-corrected chi connectivity index (χ2v) is 3.60. The number of nitrogens with one attached hydrogen (secondary N) is 1. The van der Waals surface area contributed by atoms with E-state index in [9.17, 15) is 13.6 Å². The van der Waals surface area contributed by atoms with Crippen LogP contribution in [-0.2, 0) is 4.79 Å². The summed E-state index contributed by atoms with van der Waals surface area (Å²) in [4.78, 5) is 12.7. The second kappa shape index (κ2) is 5.24. The third-order valence-electron chi connectivity index (χ3n) is 2.43. The molecule has 1 amide bonds. The monoisotopic (exact) mass is 206 g/mol. The van der Waals surface area contributed by atoms with Crippen LogP contribution in [0.25, 0.3) is 0 Å². The Kier molecular flexibility index (Phi) is 4.25. The molecule has 82 valence electrons. The van der Waals surface area contributed by atoms with E-state index >= 15 is 0 Å². The van der Waals surface area contributed by atoms with Gasteiger partial charge in [0, 0.05) is 26.1 Å². The summed E-state index contributed by atoms with van der Waals surface area (Å²) in [5, 5.41) is 2.76. The van der Waals surface area contributed by atoms with Gasteiger partial charge in [-0.05, 0) is 12.8 Å². The topological polar surface area (TPSA) is 32.3 Å². The fourth-order valence-corrected chi connectivity index (χ4v) is 1.69.